The first kappa shape index (κ1) is 25.4. The summed E-state index contributed by atoms with van der Waals surface area (Å²) < 4.78 is 0. The summed E-state index contributed by atoms with van der Waals surface area (Å²) in [4.78, 5) is 54.7. The molecular weight excluding hydrogens is 416 g/mol. The van der Waals surface area contributed by atoms with Crippen LogP contribution in [-0.4, -0.2) is 86.7 Å². The molecule has 0 saturated heterocycles. The number of thioether (sulfide) groups is 1. The predicted molar refractivity (Wildman–Crippen MR) is 109 cm³/mol. The highest BCUT2D eigenvalue weighted by Gasteiger charge is 2.27. The molecule has 30 heavy (non-hydrogen) atoms. The molecule has 0 saturated carbocycles. The summed E-state index contributed by atoms with van der Waals surface area (Å²) in [5.41, 5.74) is 6.03. The van der Waals surface area contributed by atoms with Crippen LogP contribution in [-0.2, 0) is 25.6 Å². The lowest BCUT2D eigenvalue weighted by atomic mass is 10.1. The monoisotopic (exact) mass is 444 g/mol. The zero-order valence-electron chi connectivity index (χ0n) is 16.8. The number of hydrogen-bond acceptors (Lipinski definition) is 8. The number of amides is 3. The average molecular weight is 445 g/mol. The van der Waals surface area contributed by atoms with Gasteiger partial charge in [0, 0.05) is 18.3 Å². The number of aliphatic hydroxyl groups excluding tert-OH is 1. The van der Waals surface area contributed by atoms with Crippen molar-refractivity contribution >= 4 is 35.5 Å². The van der Waals surface area contributed by atoms with E-state index in [1.165, 1.54) is 31.2 Å². The number of nitrogens with one attached hydrogen (secondary N) is 4. The van der Waals surface area contributed by atoms with Crippen molar-refractivity contribution in [2.24, 2.45) is 5.73 Å². The van der Waals surface area contributed by atoms with Crippen molar-refractivity contribution in [3.63, 3.8) is 0 Å². The third-order valence-corrected chi connectivity index (χ3v) is 4.75. The van der Waals surface area contributed by atoms with E-state index in [-0.39, 0.29) is 12.8 Å². The number of aromatic amines is 1. The largest absolute Gasteiger partial charge is 0.480 e. The van der Waals surface area contributed by atoms with Gasteiger partial charge in [0.05, 0.1) is 19.0 Å². The second-order valence-corrected chi connectivity index (χ2v) is 7.55. The number of hydrogen-bond donors (Lipinski definition) is 7. The second kappa shape index (κ2) is 12.8. The lowest BCUT2D eigenvalue weighted by molar-refractivity contribution is -0.142. The number of aliphatic hydroxyl groups is 1. The minimum absolute atomic E-state index is 0.0353. The number of rotatable bonds is 13. The molecule has 0 aliphatic carbocycles. The molecule has 3 amide bonds. The van der Waals surface area contributed by atoms with E-state index in [1.807, 2.05) is 6.26 Å². The van der Waals surface area contributed by atoms with Gasteiger partial charge in [-0.15, -0.1) is 0 Å². The van der Waals surface area contributed by atoms with Gasteiger partial charge in [-0.05, 0) is 25.4 Å². The van der Waals surface area contributed by atoms with Crippen molar-refractivity contribution < 1.29 is 29.4 Å². The molecule has 0 bridgehead atoms. The van der Waals surface area contributed by atoms with Gasteiger partial charge in [-0.3, -0.25) is 14.4 Å². The van der Waals surface area contributed by atoms with Gasteiger partial charge in [-0.1, -0.05) is 0 Å². The van der Waals surface area contributed by atoms with E-state index in [4.69, 9.17) is 5.73 Å². The Morgan fingerprint density at radius 1 is 1.23 bits per heavy atom. The molecule has 0 aliphatic heterocycles. The number of carboxylic acids is 1. The molecule has 4 unspecified atom stereocenters. The number of carbonyl (C=O) groups is 4. The first-order chi connectivity index (χ1) is 14.1. The highest BCUT2D eigenvalue weighted by molar-refractivity contribution is 7.98. The standard InChI is InChI=1S/C17H28N6O6S/c1-9(24)14(18)16(27)20-7-13(25)22-12(5-10-6-19-8-21-10)15(26)23-11(17(28)29)3-4-30-2/h6,8-9,11-12,14,24H,3-5,7,18H2,1-2H3,(H,19,21)(H,20,27)(H,22,25)(H,23,26)(H,28,29). The summed E-state index contributed by atoms with van der Waals surface area (Å²) in [5, 5.41) is 25.8. The number of H-pyrrole nitrogens is 1. The molecule has 13 heteroatoms. The third-order valence-electron chi connectivity index (χ3n) is 4.10. The van der Waals surface area contributed by atoms with Gasteiger partial charge >= 0.3 is 5.97 Å². The Morgan fingerprint density at radius 2 is 1.93 bits per heavy atom. The lowest BCUT2D eigenvalue weighted by Gasteiger charge is -2.21. The molecule has 1 aromatic heterocycles. The quantitative estimate of drug-likeness (QED) is 0.173. The van der Waals surface area contributed by atoms with Crippen LogP contribution in [0.5, 0.6) is 0 Å². The van der Waals surface area contributed by atoms with E-state index in [9.17, 15) is 29.4 Å². The Hall–Kier alpha value is -2.64. The molecule has 1 heterocycles. The Labute approximate surface area is 177 Å². The summed E-state index contributed by atoms with van der Waals surface area (Å²) in [6, 6.07) is -3.40. The zero-order valence-corrected chi connectivity index (χ0v) is 17.6. The van der Waals surface area contributed by atoms with Crippen molar-refractivity contribution in [1.29, 1.82) is 0 Å². The number of nitrogens with zero attached hydrogens (tertiary/aromatic N) is 1. The first-order valence-electron chi connectivity index (χ1n) is 9.15. The van der Waals surface area contributed by atoms with Crippen molar-refractivity contribution in [2.45, 2.75) is 44.0 Å². The van der Waals surface area contributed by atoms with E-state index in [0.717, 1.165) is 0 Å². The smallest absolute Gasteiger partial charge is 0.326 e. The van der Waals surface area contributed by atoms with Crippen LogP contribution >= 0.6 is 11.8 Å². The molecule has 1 rings (SSSR count). The average Bonchev–Trinajstić information content (AvgIpc) is 3.20. The molecule has 1 aromatic rings. The molecular formula is C17H28N6O6S. The minimum Gasteiger partial charge on any atom is -0.480 e. The summed E-state index contributed by atoms with van der Waals surface area (Å²) in [7, 11) is 0. The fourth-order valence-electron chi connectivity index (χ4n) is 2.34. The van der Waals surface area contributed by atoms with Gasteiger partial charge in [-0.2, -0.15) is 11.8 Å². The van der Waals surface area contributed by atoms with Crippen molar-refractivity contribution in [3.05, 3.63) is 18.2 Å². The summed E-state index contributed by atoms with van der Waals surface area (Å²) in [5.74, 6) is -2.74. The Morgan fingerprint density at radius 3 is 2.47 bits per heavy atom. The molecule has 0 fully saturated rings. The van der Waals surface area contributed by atoms with Crippen LogP contribution in [0.25, 0.3) is 0 Å². The zero-order chi connectivity index (χ0) is 22.7. The summed E-state index contributed by atoms with van der Waals surface area (Å²) >= 11 is 1.44. The minimum atomic E-state index is -1.20. The summed E-state index contributed by atoms with van der Waals surface area (Å²) in [6.45, 7) is 0.867. The van der Waals surface area contributed by atoms with Gasteiger partial charge in [0.2, 0.25) is 17.7 Å². The Bertz CT molecular complexity index is 714. The van der Waals surface area contributed by atoms with E-state index in [2.05, 4.69) is 25.9 Å². The van der Waals surface area contributed by atoms with Crippen LogP contribution in [0.4, 0.5) is 0 Å². The van der Waals surface area contributed by atoms with E-state index in [1.54, 1.807) is 0 Å². The van der Waals surface area contributed by atoms with Gasteiger partial charge in [-0.25, -0.2) is 9.78 Å². The first-order valence-corrected chi connectivity index (χ1v) is 10.5. The SMILES string of the molecule is CSCCC(NC(=O)C(Cc1cnc[nH]1)NC(=O)CNC(=O)C(N)C(C)O)C(=O)O. The second-order valence-electron chi connectivity index (χ2n) is 6.57. The number of aliphatic carboxylic acids is 1. The molecule has 12 nitrogen and oxygen atoms in total. The number of carbonyl (C=O) groups excluding carboxylic acids is 3. The van der Waals surface area contributed by atoms with Crippen LogP contribution in [0.15, 0.2) is 12.5 Å². The van der Waals surface area contributed by atoms with E-state index >= 15 is 0 Å². The van der Waals surface area contributed by atoms with Crippen LogP contribution in [0.2, 0.25) is 0 Å². The third kappa shape index (κ3) is 8.80. The summed E-state index contributed by atoms with van der Waals surface area (Å²) in [6.07, 6.45) is 3.86. The van der Waals surface area contributed by atoms with Gasteiger partial charge in [0.15, 0.2) is 0 Å². The highest BCUT2D eigenvalue weighted by Crippen LogP contribution is 2.04. The fraction of sp³-hybridized carbons (Fsp3) is 0.588. The molecule has 8 N–H and O–H groups in total. The number of aromatic nitrogens is 2. The van der Waals surface area contributed by atoms with Crippen molar-refractivity contribution in [3.8, 4) is 0 Å². The Balaban J connectivity index is 2.77. The highest BCUT2D eigenvalue weighted by atomic mass is 32.2. The molecule has 0 spiro atoms. The molecule has 0 aromatic carbocycles. The molecule has 4 atom stereocenters. The maximum absolute atomic E-state index is 12.6. The maximum atomic E-state index is 12.6. The van der Waals surface area contributed by atoms with Gasteiger partial charge in [0.25, 0.3) is 0 Å². The van der Waals surface area contributed by atoms with Crippen LogP contribution < -0.4 is 21.7 Å². The lowest BCUT2D eigenvalue weighted by Crippen LogP contribution is -2.55. The number of imidazole rings is 1. The normalized spacial score (nSPS) is 14.8. The molecule has 168 valence electrons. The fourth-order valence-corrected chi connectivity index (χ4v) is 2.81. The van der Waals surface area contributed by atoms with Crippen LogP contribution in [0.3, 0.4) is 0 Å². The number of carboxylic acid groups (broad SMARTS) is 1. The number of nitrogens with two attached hydrogens (primary N) is 1. The van der Waals surface area contributed by atoms with Crippen molar-refractivity contribution in [1.82, 2.24) is 25.9 Å². The molecule has 0 radical (unpaired) electrons. The van der Waals surface area contributed by atoms with Crippen molar-refractivity contribution in [2.75, 3.05) is 18.6 Å². The van der Waals surface area contributed by atoms with Crippen LogP contribution in [0.1, 0.15) is 19.0 Å². The molecule has 0 aliphatic rings. The van der Waals surface area contributed by atoms with Gasteiger partial charge < -0.3 is 36.9 Å². The van der Waals surface area contributed by atoms with E-state index in [0.29, 0.717) is 11.4 Å². The Kier molecular flexibility index (Phi) is 10.9. The topological polar surface area (TPSA) is 200 Å². The predicted octanol–water partition coefficient (Wildman–Crippen LogP) is -2.42. The van der Waals surface area contributed by atoms with Crippen LogP contribution in [0, 0.1) is 0 Å². The maximum Gasteiger partial charge on any atom is 0.326 e. The van der Waals surface area contributed by atoms with E-state index < -0.39 is 54.5 Å². The van der Waals surface area contributed by atoms with Gasteiger partial charge in [0.1, 0.15) is 18.1 Å².